The van der Waals surface area contributed by atoms with E-state index in [1.807, 2.05) is 27.7 Å². The number of benzene rings is 8. The van der Waals surface area contributed by atoms with Crippen LogP contribution in [0.15, 0.2) is 133 Å². The maximum atomic E-state index is 14.4. The highest BCUT2D eigenvalue weighted by atomic mass is 19.4. The van der Waals surface area contributed by atoms with Crippen molar-refractivity contribution in [2.24, 2.45) is 0 Å². The van der Waals surface area contributed by atoms with Crippen molar-refractivity contribution in [2.75, 3.05) is 9.80 Å². The zero-order valence-corrected chi connectivity index (χ0v) is 34.3. The average Bonchev–Trinajstić information content (AvgIpc) is 3.22. The zero-order valence-electron chi connectivity index (χ0n) is 34.3. The Balaban J connectivity index is 1.45. The van der Waals surface area contributed by atoms with Gasteiger partial charge in [-0.25, -0.2) is 0 Å². The molecule has 0 aromatic heterocycles. The summed E-state index contributed by atoms with van der Waals surface area (Å²) in [6, 6.07) is 29.1. The lowest BCUT2D eigenvalue weighted by Crippen LogP contribution is -2.17. The van der Waals surface area contributed by atoms with Gasteiger partial charge in [-0.1, -0.05) is 88.4 Å². The van der Waals surface area contributed by atoms with Crippen LogP contribution in [0.5, 0.6) is 0 Å². The molecule has 0 aliphatic rings. The Hall–Kier alpha value is -6.44. The van der Waals surface area contributed by atoms with Crippen LogP contribution in [-0.2, 0) is 24.7 Å². The number of nitrogens with zero attached hydrogens (tertiary/aromatic N) is 2. The van der Waals surface area contributed by atoms with Gasteiger partial charge in [-0.3, -0.25) is 0 Å². The Morgan fingerprint density at radius 3 is 0.906 bits per heavy atom. The standard InChI is InChI=1S/C50H36F12N2/c1-27(2)29-11-15-37(16-12-29)63(39-23-33(47(51,52)53)21-34(24-39)48(54,55)56)43-19-31-7-6-10-42-44(20-32-8-5-9-41(43)45(32)46(31)42)64(38-17-13-30(14-18-38)28(3)4)40-25-35(49(57,58)59)22-36(26-40)50(60,61)62/h5-28H,1-4H3. The minimum atomic E-state index is -5.15. The number of hydrogen-bond acceptors (Lipinski definition) is 2. The van der Waals surface area contributed by atoms with Crippen LogP contribution in [-0.4, -0.2) is 0 Å². The normalized spacial score (nSPS) is 13.0. The molecule has 8 aromatic rings. The number of alkyl halides is 12. The van der Waals surface area contributed by atoms with E-state index < -0.39 is 58.3 Å². The van der Waals surface area contributed by atoms with Crippen LogP contribution < -0.4 is 9.80 Å². The number of rotatable bonds is 8. The number of hydrogen-bond donors (Lipinski definition) is 0. The van der Waals surface area contributed by atoms with Gasteiger partial charge in [0.2, 0.25) is 0 Å². The SMILES string of the molecule is CC(C)c1ccc(N(c2cc(C(F)(F)F)cc(C(F)(F)F)c2)c2cc3cccc4c(N(c5ccc(C(C)C)cc5)c5cc(C(F)(F)F)cc(C(F)(F)F)c5)cc5cccc2c5c34)cc1. The monoisotopic (exact) mass is 892 g/mol. The first-order valence-corrected chi connectivity index (χ1v) is 20.0. The third-order valence-corrected chi connectivity index (χ3v) is 11.4. The second kappa shape index (κ2) is 15.7. The lowest BCUT2D eigenvalue weighted by atomic mass is 9.90. The molecule has 0 N–H and O–H groups in total. The van der Waals surface area contributed by atoms with Crippen LogP contribution in [0, 0.1) is 0 Å². The number of halogens is 12. The van der Waals surface area contributed by atoms with Gasteiger partial charge in [0.25, 0.3) is 0 Å². The van der Waals surface area contributed by atoms with Gasteiger partial charge in [0, 0.05) is 33.5 Å². The smallest absolute Gasteiger partial charge is 0.310 e. The third kappa shape index (κ3) is 8.25. The van der Waals surface area contributed by atoms with Gasteiger partial charge in [-0.15, -0.1) is 0 Å². The first kappa shape index (κ1) is 44.2. The molecule has 0 unspecified atom stereocenters. The molecular weight excluding hydrogens is 857 g/mol. The Morgan fingerprint density at radius 1 is 0.344 bits per heavy atom. The lowest BCUT2D eigenvalue weighted by Gasteiger charge is -2.31. The fourth-order valence-corrected chi connectivity index (χ4v) is 8.19. The topological polar surface area (TPSA) is 6.48 Å². The molecule has 14 heteroatoms. The van der Waals surface area contributed by atoms with Crippen molar-refractivity contribution in [3.8, 4) is 0 Å². The minimum Gasteiger partial charge on any atom is -0.310 e. The second-order valence-corrected chi connectivity index (χ2v) is 16.3. The summed E-state index contributed by atoms with van der Waals surface area (Å²) >= 11 is 0. The van der Waals surface area contributed by atoms with Crippen molar-refractivity contribution in [3.63, 3.8) is 0 Å². The van der Waals surface area contributed by atoms with E-state index in [1.165, 1.54) is 9.80 Å². The quantitative estimate of drug-likeness (QED) is 0.111. The molecule has 330 valence electrons. The van der Waals surface area contributed by atoms with Gasteiger partial charge in [-0.2, -0.15) is 52.7 Å². The molecule has 8 rings (SSSR count). The van der Waals surface area contributed by atoms with Crippen LogP contribution in [0.25, 0.3) is 32.3 Å². The van der Waals surface area contributed by atoms with Crippen LogP contribution in [0.2, 0.25) is 0 Å². The van der Waals surface area contributed by atoms with Crippen LogP contribution in [0.3, 0.4) is 0 Å². The molecule has 0 aliphatic carbocycles. The molecule has 0 aliphatic heterocycles. The van der Waals surface area contributed by atoms with E-state index in [0.29, 0.717) is 56.6 Å². The first-order valence-electron chi connectivity index (χ1n) is 20.0. The summed E-state index contributed by atoms with van der Waals surface area (Å²) in [7, 11) is 0. The summed E-state index contributed by atoms with van der Waals surface area (Å²) < 4.78 is 172. The zero-order chi connectivity index (χ0) is 46.3. The van der Waals surface area contributed by atoms with E-state index in [1.54, 1.807) is 97.1 Å². The summed E-state index contributed by atoms with van der Waals surface area (Å²) in [6.45, 7) is 7.70. The van der Waals surface area contributed by atoms with Crippen LogP contribution in [0.1, 0.15) is 72.9 Å². The van der Waals surface area contributed by atoms with Crippen LogP contribution in [0.4, 0.5) is 86.8 Å². The molecule has 0 heterocycles. The minimum absolute atomic E-state index is 0.0397. The second-order valence-electron chi connectivity index (χ2n) is 16.3. The first-order chi connectivity index (χ1) is 29.9. The van der Waals surface area contributed by atoms with Crippen molar-refractivity contribution in [2.45, 2.75) is 64.2 Å². The van der Waals surface area contributed by atoms with Gasteiger partial charge in [0.1, 0.15) is 0 Å². The molecule has 0 fully saturated rings. The lowest BCUT2D eigenvalue weighted by molar-refractivity contribution is -0.144. The molecule has 0 amide bonds. The molecule has 0 saturated carbocycles. The van der Waals surface area contributed by atoms with Crippen molar-refractivity contribution in [1.29, 1.82) is 0 Å². The van der Waals surface area contributed by atoms with Gasteiger partial charge in [0.05, 0.1) is 33.6 Å². The van der Waals surface area contributed by atoms with E-state index in [0.717, 1.165) is 11.1 Å². The van der Waals surface area contributed by atoms with E-state index in [-0.39, 0.29) is 46.7 Å². The summed E-state index contributed by atoms with van der Waals surface area (Å²) in [6.07, 6.45) is -20.6. The molecule has 0 spiro atoms. The molecule has 0 bridgehead atoms. The van der Waals surface area contributed by atoms with Gasteiger partial charge >= 0.3 is 24.7 Å². The third-order valence-electron chi connectivity index (χ3n) is 11.4. The van der Waals surface area contributed by atoms with Crippen molar-refractivity contribution >= 4 is 66.4 Å². The maximum absolute atomic E-state index is 14.4. The van der Waals surface area contributed by atoms with E-state index in [9.17, 15) is 52.7 Å². The van der Waals surface area contributed by atoms with E-state index in [4.69, 9.17) is 0 Å². The van der Waals surface area contributed by atoms with Crippen molar-refractivity contribution in [3.05, 3.63) is 167 Å². The highest BCUT2D eigenvalue weighted by Gasteiger charge is 2.40. The van der Waals surface area contributed by atoms with Crippen molar-refractivity contribution in [1.82, 2.24) is 0 Å². The van der Waals surface area contributed by atoms with Gasteiger partial charge in [-0.05, 0) is 117 Å². The average molecular weight is 893 g/mol. The Labute approximate surface area is 359 Å². The molecule has 0 atom stereocenters. The predicted molar refractivity (Wildman–Crippen MR) is 228 cm³/mol. The van der Waals surface area contributed by atoms with Gasteiger partial charge < -0.3 is 9.80 Å². The Bertz CT molecular complexity index is 2730. The maximum Gasteiger partial charge on any atom is 0.416 e. The fourth-order valence-electron chi connectivity index (χ4n) is 8.19. The predicted octanol–water partition coefficient (Wildman–Crippen LogP) is 17.8. The molecule has 8 aromatic carbocycles. The van der Waals surface area contributed by atoms with Crippen molar-refractivity contribution < 1.29 is 52.7 Å². The molecule has 0 saturated heterocycles. The summed E-state index contributed by atoms with van der Waals surface area (Å²) in [4.78, 5) is 2.64. The fraction of sp³-hybridized carbons (Fsp3) is 0.200. The molecule has 64 heavy (non-hydrogen) atoms. The largest absolute Gasteiger partial charge is 0.416 e. The van der Waals surface area contributed by atoms with E-state index >= 15 is 0 Å². The summed E-state index contributed by atoms with van der Waals surface area (Å²) in [5, 5.41) is 2.63. The highest BCUT2D eigenvalue weighted by molar-refractivity contribution is 6.29. The molecular formula is C50H36F12N2. The Kier molecular flexibility index (Phi) is 10.8. The van der Waals surface area contributed by atoms with Crippen LogP contribution >= 0.6 is 0 Å². The molecule has 2 nitrogen and oxygen atoms in total. The Morgan fingerprint density at radius 2 is 0.641 bits per heavy atom. The van der Waals surface area contributed by atoms with Gasteiger partial charge in [0.15, 0.2) is 0 Å². The number of anilines is 6. The highest BCUT2D eigenvalue weighted by Crippen LogP contribution is 2.51. The summed E-state index contributed by atoms with van der Waals surface area (Å²) in [5.41, 5.74) is -4.33. The van der Waals surface area contributed by atoms with E-state index in [2.05, 4.69) is 0 Å². The summed E-state index contributed by atoms with van der Waals surface area (Å²) in [5.74, 6) is 0.0795. The molecule has 0 radical (unpaired) electrons.